The maximum Gasteiger partial charge on any atom is 0.475 e. The van der Waals surface area contributed by atoms with E-state index in [0.717, 1.165) is 5.56 Å². The van der Waals surface area contributed by atoms with Gasteiger partial charge in [0, 0.05) is 24.9 Å². The highest BCUT2D eigenvalue weighted by atomic mass is 32.3. The lowest BCUT2D eigenvalue weighted by atomic mass is 10.0. The molecule has 0 aromatic heterocycles. The second kappa shape index (κ2) is 6.90. The summed E-state index contributed by atoms with van der Waals surface area (Å²) in [5.74, 6) is -2.70. The van der Waals surface area contributed by atoms with Crippen LogP contribution >= 0.6 is 0 Å². The number of nitrogens with zero attached hydrogens (tertiary/aromatic N) is 1. The van der Waals surface area contributed by atoms with E-state index >= 15 is 0 Å². The van der Waals surface area contributed by atoms with Crippen molar-refractivity contribution in [2.75, 3.05) is 24.6 Å². The third kappa shape index (κ3) is 4.17. The van der Waals surface area contributed by atoms with Crippen LogP contribution in [0.5, 0.6) is 0 Å². The number of hydrogen-bond acceptors (Lipinski definition) is 4. The van der Waals surface area contributed by atoms with Crippen LogP contribution in [0.4, 0.5) is 18.0 Å². The molecule has 0 aliphatic carbocycles. The number of amides is 2. The van der Waals surface area contributed by atoms with Crippen LogP contribution in [-0.4, -0.2) is 47.7 Å². The van der Waals surface area contributed by atoms with Gasteiger partial charge in [0.05, 0.1) is 0 Å². The summed E-state index contributed by atoms with van der Waals surface area (Å²) in [6.45, 7) is 0.651. The molecule has 26 heavy (non-hydrogen) atoms. The van der Waals surface area contributed by atoms with Gasteiger partial charge in [-0.3, -0.25) is 4.79 Å². The number of halogens is 3. The number of alkyl halides is 3. The fourth-order valence-electron chi connectivity index (χ4n) is 3.35. The molecule has 2 unspecified atom stereocenters. The Balaban J connectivity index is 1.51. The molecule has 2 atom stereocenters. The van der Waals surface area contributed by atoms with E-state index in [9.17, 15) is 27.0 Å². The molecule has 2 amide bonds. The largest absolute Gasteiger partial charge is 0.475 e. The van der Waals surface area contributed by atoms with Crippen molar-refractivity contribution in [3.63, 3.8) is 0 Å². The van der Waals surface area contributed by atoms with E-state index in [4.69, 9.17) is 4.74 Å². The normalized spacial score (nSPS) is 27.9. The molecule has 3 rings (SSSR count). The van der Waals surface area contributed by atoms with Crippen LogP contribution in [0.3, 0.4) is 0 Å². The van der Waals surface area contributed by atoms with Gasteiger partial charge in [-0.1, -0.05) is 34.5 Å². The first kappa shape index (κ1) is 18.7. The summed E-state index contributed by atoms with van der Waals surface area (Å²) in [4.78, 5) is 24.6. The molecule has 1 N–H and O–H groups in total. The van der Waals surface area contributed by atoms with E-state index in [-0.39, 0.29) is 43.0 Å². The van der Waals surface area contributed by atoms with E-state index in [1.54, 1.807) is 4.72 Å². The van der Waals surface area contributed by atoms with Crippen LogP contribution in [0.15, 0.2) is 30.3 Å². The maximum absolute atomic E-state index is 12.5. The number of hydrogen-bond donors (Lipinski definition) is 1. The number of ether oxygens (including phenoxy) is 1. The van der Waals surface area contributed by atoms with Crippen LogP contribution in [0.25, 0.3) is 0 Å². The number of carbonyl (C=O) groups excluding carboxylic acids is 2. The first-order chi connectivity index (χ1) is 12.2. The zero-order valence-corrected chi connectivity index (χ0v) is 14.5. The van der Waals surface area contributed by atoms with Gasteiger partial charge in [0.2, 0.25) is 0 Å². The monoisotopic (exact) mass is 391 g/mol. The Labute approximate surface area is 149 Å². The lowest BCUT2D eigenvalue weighted by molar-refractivity contribution is -0.171. The molecule has 2 aliphatic rings. The molecule has 1 aromatic rings. The summed E-state index contributed by atoms with van der Waals surface area (Å²) in [6.07, 6.45) is -5.57. The average molecular weight is 391 g/mol. The number of nitrogens with one attached hydrogen (secondary N) is 1. The van der Waals surface area contributed by atoms with Crippen molar-refractivity contribution in [2.24, 2.45) is 11.8 Å². The highest BCUT2D eigenvalue weighted by Crippen LogP contribution is 2.36. The van der Waals surface area contributed by atoms with Crippen molar-refractivity contribution in [1.82, 2.24) is 9.62 Å². The Morgan fingerprint density at radius 1 is 1.15 bits per heavy atom. The summed E-state index contributed by atoms with van der Waals surface area (Å²) in [6, 6.07) is 9.15. The van der Waals surface area contributed by atoms with Crippen molar-refractivity contribution in [3.8, 4) is 0 Å². The molecule has 0 radical (unpaired) electrons. The molecule has 2 heterocycles. The van der Waals surface area contributed by atoms with Gasteiger partial charge in [0.15, 0.2) is 10.1 Å². The van der Waals surface area contributed by atoms with Gasteiger partial charge in [0.1, 0.15) is 18.1 Å². The van der Waals surface area contributed by atoms with Crippen molar-refractivity contribution < 1.29 is 31.7 Å². The summed E-state index contributed by atoms with van der Waals surface area (Å²) < 4.78 is 56.4. The topological polar surface area (TPSA) is 75.7 Å². The van der Waals surface area contributed by atoms with Gasteiger partial charge >= 0.3 is 18.2 Å². The number of likely N-dealkylation sites (tertiary alicyclic amines) is 1. The summed E-state index contributed by atoms with van der Waals surface area (Å²) in [7, 11) is -3.10. The van der Waals surface area contributed by atoms with Crippen LogP contribution < -0.4 is 4.72 Å². The van der Waals surface area contributed by atoms with Gasteiger partial charge in [-0.2, -0.15) is 17.9 Å². The van der Waals surface area contributed by atoms with Crippen LogP contribution in [-0.2, 0) is 30.5 Å². The smallest absolute Gasteiger partial charge is 0.445 e. The zero-order valence-electron chi connectivity index (χ0n) is 13.7. The summed E-state index contributed by atoms with van der Waals surface area (Å²) in [5, 5.41) is 0. The molecule has 1 aromatic carbocycles. The molecule has 10 heteroatoms. The zero-order chi connectivity index (χ0) is 18.9. The van der Waals surface area contributed by atoms with Gasteiger partial charge in [0.25, 0.3) is 0 Å². The number of fused-ring (bicyclic) bond motifs is 1. The minimum absolute atomic E-state index is 0.0536. The third-order valence-electron chi connectivity index (χ3n) is 4.54. The standard InChI is InChI=1S/C16H17F3N2O4S/c17-16(18,19)14(22)20-26(24)9-12-6-21(7-13(12)10-26)15(23)25-8-11-4-2-1-3-5-11/h1-5,12-13H,6-10H2/p+1. The van der Waals surface area contributed by atoms with Crippen LogP contribution in [0.2, 0.25) is 0 Å². The van der Waals surface area contributed by atoms with Crippen LogP contribution in [0, 0.1) is 11.8 Å². The first-order valence-corrected chi connectivity index (χ1v) is 9.90. The molecule has 6 nitrogen and oxygen atoms in total. The molecular weight excluding hydrogens is 373 g/mol. The van der Waals surface area contributed by atoms with Gasteiger partial charge < -0.3 is 9.64 Å². The second-order valence-electron chi connectivity index (χ2n) is 6.54. The minimum atomic E-state index is -5.06. The van der Waals surface area contributed by atoms with Gasteiger partial charge in [-0.25, -0.2) is 4.79 Å². The number of carbonyl (C=O) groups is 2. The Morgan fingerprint density at radius 2 is 1.73 bits per heavy atom. The van der Waals surface area contributed by atoms with E-state index in [0.29, 0.717) is 0 Å². The molecule has 2 aliphatic heterocycles. The lowest BCUT2D eigenvalue weighted by Gasteiger charge is -2.18. The number of benzene rings is 1. The maximum atomic E-state index is 12.5. The molecule has 2 saturated heterocycles. The Kier molecular flexibility index (Phi) is 4.96. The van der Waals surface area contributed by atoms with Crippen molar-refractivity contribution in [2.45, 2.75) is 12.8 Å². The van der Waals surface area contributed by atoms with E-state index in [1.165, 1.54) is 4.90 Å². The molecular formula is C16H18F3N2O4S+. The molecule has 2 fully saturated rings. The Bertz CT molecular complexity index is 723. The third-order valence-corrected chi connectivity index (χ3v) is 7.03. The minimum Gasteiger partial charge on any atom is -0.445 e. The fourth-order valence-corrected chi connectivity index (χ4v) is 6.24. The van der Waals surface area contributed by atoms with Gasteiger partial charge in [-0.15, -0.1) is 0 Å². The second-order valence-corrected chi connectivity index (χ2v) is 9.03. The predicted molar refractivity (Wildman–Crippen MR) is 87.2 cm³/mol. The molecule has 142 valence electrons. The quantitative estimate of drug-likeness (QED) is 0.800. The molecule has 0 saturated carbocycles. The Morgan fingerprint density at radius 3 is 2.27 bits per heavy atom. The van der Waals surface area contributed by atoms with Crippen molar-refractivity contribution in [3.05, 3.63) is 35.9 Å². The van der Waals surface area contributed by atoms with Crippen molar-refractivity contribution >= 4 is 22.1 Å². The fraction of sp³-hybridized carbons (Fsp3) is 0.500. The average Bonchev–Trinajstić information content (AvgIpc) is 3.07. The van der Waals surface area contributed by atoms with E-state index < -0.39 is 28.3 Å². The van der Waals surface area contributed by atoms with Gasteiger partial charge in [-0.05, 0) is 5.56 Å². The molecule has 0 bridgehead atoms. The van der Waals surface area contributed by atoms with E-state index in [1.807, 2.05) is 30.3 Å². The lowest BCUT2D eigenvalue weighted by Crippen LogP contribution is -2.46. The highest BCUT2D eigenvalue weighted by Gasteiger charge is 2.55. The number of rotatable bonds is 3. The highest BCUT2D eigenvalue weighted by molar-refractivity contribution is 8.01. The Hall–Kier alpha value is -2.10. The first-order valence-electron chi connectivity index (χ1n) is 8.00. The van der Waals surface area contributed by atoms with Crippen LogP contribution in [0.1, 0.15) is 5.56 Å². The molecule has 0 spiro atoms. The predicted octanol–water partition coefficient (Wildman–Crippen LogP) is 1.98. The summed E-state index contributed by atoms with van der Waals surface area (Å²) >= 11 is 0. The van der Waals surface area contributed by atoms with E-state index in [2.05, 4.69) is 0 Å². The SMILES string of the molecule is O=C(OCc1ccccc1)N1CC2C[S+](=O)(NC(=O)C(F)(F)F)CC2C1. The van der Waals surface area contributed by atoms with Crippen molar-refractivity contribution in [1.29, 1.82) is 0 Å². The summed E-state index contributed by atoms with van der Waals surface area (Å²) in [5.41, 5.74) is 0.845.